The first-order valence-electron chi connectivity index (χ1n) is 6.94. The average molecular weight is 235 g/mol. The molecule has 3 heteroatoms. The lowest BCUT2D eigenvalue weighted by atomic mass is 10.0. The minimum absolute atomic E-state index is 0.592. The molecule has 0 radical (unpaired) electrons. The highest BCUT2D eigenvalue weighted by Crippen LogP contribution is 2.19. The fourth-order valence-corrected chi connectivity index (χ4v) is 2.37. The van der Waals surface area contributed by atoms with Crippen molar-refractivity contribution in [2.75, 3.05) is 6.54 Å². The van der Waals surface area contributed by atoms with Crippen LogP contribution in [0.15, 0.2) is 6.33 Å². The van der Waals surface area contributed by atoms with E-state index in [0.717, 1.165) is 13.1 Å². The Morgan fingerprint density at radius 2 is 2.06 bits per heavy atom. The van der Waals surface area contributed by atoms with E-state index < -0.39 is 0 Å². The molecular weight excluding hydrogens is 210 g/mol. The van der Waals surface area contributed by atoms with Gasteiger partial charge in [-0.05, 0) is 38.5 Å². The van der Waals surface area contributed by atoms with Gasteiger partial charge in [0.2, 0.25) is 0 Å². The van der Waals surface area contributed by atoms with Crippen LogP contribution >= 0.6 is 0 Å². The van der Waals surface area contributed by atoms with Crippen LogP contribution in [0.2, 0.25) is 0 Å². The molecule has 0 aromatic carbocycles. The maximum atomic E-state index is 4.52. The lowest BCUT2D eigenvalue weighted by molar-refractivity contribution is 0.414. The standard InChI is InChI=1S/C14H25N3/c1-11(2)12(3)15-8-9-17-10-16-13-6-4-5-7-14(13)17/h10-12,15H,4-9H2,1-3H3. The molecular formula is C14H25N3. The van der Waals surface area contributed by atoms with Crippen molar-refractivity contribution in [1.29, 1.82) is 0 Å². The van der Waals surface area contributed by atoms with Crippen molar-refractivity contribution >= 4 is 0 Å². The number of hydrogen-bond acceptors (Lipinski definition) is 2. The number of imidazole rings is 1. The van der Waals surface area contributed by atoms with Crippen molar-refractivity contribution in [3.8, 4) is 0 Å². The van der Waals surface area contributed by atoms with Crippen LogP contribution in [0.1, 0.15) is 45.0 Å². The fourth-order valence-electron chi connectivity index (χ4n) is 2.37. The van der Waals surface area contributed by atoms with E-state index in [1.807, 2.05) is 6.33 Å². The summed E-state index contributed by atoms with van der Waals surface area (Å²) in [4.78, 5) is 4.52. The molecule has 2 rings (SSSR count). The number of aromatic nitrogens is 2. The Morgan fingerprint density at radius 1 is 1.29 bits per heavy atom. The lowest BCUT2D eigenvalue weighted by Crippen LogP contribution is -2.33. The number of nitrogens with one attached hydrogen (secondary N) is 1. The van der Waals surface area contributed by atoms with E-state index in [9.17, 15) is 0 Å². The summed E-state index contributed by atoms with van der Waals surface area (Å²) in [5, 5.41) is 3.58. The maximum absolute atomic E-state index is 4.52. The van der Waals surface area contributed by atoms with Gasteiger partial charge in [0.25, 0.3) is 0 Å². The first-order valence-corrected chi connectivity index (χ1v) is 6.94. The highest BCUT2D eigenvalue weighted by Gasteiger charge is 2.14. The van der Waals surface area contributed by atoms with E-state index in [1.54, 1.807) is 0 Å². The van der Waals surface area contributed by atoms with Gasteiger partial charge in [0.1, 0.15) is 0 Å². The van der Waals surface area contributed by atoms with Crippen molar-refractivity contribution in [2.24, 2.45) is 5.92 Å². The topological polar surface area (TPSA) is 29.9 Å². The van der Waals surface area contributed by atoms with Crippen LogP contribution in [0.3, 0.4) is 0 Å². The van der Waals surface area contributed by atoms with Crippen molar-refractivity contribution in [3.63, 3.8) is 0 Å². The molecule has 1 aromatic heterocycles. The third-order valence-electron chi connectivity index (χ3n) is 3.93. The monoisotopic (exact) mass is 235 g/mol. The zero-order valence-electron chi connectivity index (χ0n) is 11.4. The fraction of sp³-hybridized carbons (Fsp3) is 0.786. The number of hydrogen-bond donors (Lipinski definition) is 1. The zero-order chi connectivity index (χ0) is 12.3. The smallest absolute Gasteiger partial charge is 0.0952 e. The van der Waals surface area contributed by atoms with Crippen molar-refractivity contribution in [3.05, 3.63) is 17.7 Å². The molecule has 0 saturated heterocycles. The van der Waals surface area contributed by atoms with Gasteiger partial charge < -0.3 is 9.88 Å². The normalized spacial score (nSPS) is 17.2. The second kappa shape index (κ2) is 5.67. The van der Waals surface area contributed by atoms with Crippen LogP contribution in [-0.4, -0.2) is 22.1 Å². The summed E-state index contributed by atoms with van der Waals surface area (Å²) in [5.74, 6) is 0.701. The summed E-state index contributed by atoms with van der Waals surface area (Å²) in [6.07, 6.45) is 7.06. The minimum atomic E-state index is 0.592. The van der Waals surface area contributed by atoms with Gasteiger partial charge in [-0.15, -0.1) is 0 Å². The summed E-state index contributed by atoms with van der Waals surface area (Å²) in [6, 6.07) is 0.592. The molecule has 1 heterocycles. The molecule has 0 fully saturated rings. The molecule has 0 amide bonds. The molecule has 96 valence electrons. The molecule has 1 aliphatic rings. The minimum Gasteiger partial charge on any atom is -0.333 e. The van der Waals surface area contributed by atoms with Gasteiger partial charge >= 0.3 is 0 Å². The van der Waals surface area contributed by atoms with Crippen molar-refractivity contribution in [2.45, 2.75) is 59.0 Å². The van der Waals surface area contributed by atoms with Gasteiger partial charge in [-0.25, -0.2) is 4.98 Å². The van der Waals surface area contributed by atoms with E-state index in [4.69, 9.17) is 0 Å². The highest BCUT2D eigenvalue weighted by molar-refractivity contribution is 5.16. The molecule has 1 N–H and O–H groups in total. The van der Waals surface area contributed by atoms with Crippen LogP contribution in [0.5, 0.6) is 0 Å². The third-order valence-corrected chi connectivity index (χ3v) is 3.93. The second-order valence-electron chi connectivity index (χ2n) is 5.53. The van der Waals surface area contributed by atoms with Crippen LogP contribution in [-0.2, 0) is 19.4 Å². The molecule has 0 aliphatic heterocycles. The second-order valence-corrected chi connectivity index (χ2v) is 5.53. The number of rotatable bonds is 5. The molecule has 0 saturated carbocycles. The third kappa shape index (κ3) is 3.09. The van der Waals surface area contributed by atoms with Gasteiger partial charge in [-0.3, -0.25) is 0 Å². The van der Waals surface area contributed by atoms with Gasteiger partial charge in [0, 0.05) is 24.8 Å². The first kappa shape index (κ1) is 12.6. The largest absolute Gasteiger partial charge is 0.333 e. The zero-order valence-corrected chi connectivity index (χ0v) is 11.4. The highest BCUT2D eigenvalue weighted by atomic mass is 15.1. The Bertz CT molecular complexity index is 354. The van der Waals surface area contributed by atoms with E-state index in [0.29, 0.717) is 12.0 Å². The predicted molar refractivity (Wildman–Crippen MR) is 71.2 cm³/mol. The molecule has 1 aliphatic carbocycles. The number of nitrogens with zero attached hydrogens (tertiary/aromatic N) is 2. The van der Waals surface area contributed by atoms with Crippen LogP contribution in [0.4, 0.5) is 0 Å². The Kier molecular flexibility index (Phi) is 4.21. The van der Waals surface area contributed by atoms with Gasteiger partial charge in [-0.1, -0.05) is 13.8 Å². The van der Waals surface area contributed by atoms with Crippen LogP contribution < -0.4 is 5.32 Å². The molecule has 1 aromatic rings. The molecule has 1 unspecified atom stereocenters. The summed E-state index contributed by atoms with van der Waals surface area (Å²) in [6.45, 7) is 8.88. The van der Waals surface area contributed by atoms with Gasteiger partial charge in [0.05, 0.1) is 12.0 Å². The first-order chi connectivity index (χ1) is 8.18. The summed E-state index contributed by atoms with van der Waals surface area (Å²) in [5.41, 5.74) is 2.82. The van der Waals surface area contributed by atoms with E-state index in [1.165, 1.54) is 37.1 Å². The van der Waals surface area contributed by atoms with E-state index in [-0.39, 0.29) is 0 Å². The maximum Gasteiger partial charge on any atom is 0.0952 e. The van der Waals surface area contributed by atoms with E-state index >= 15 is 0 Å². The average Bonchev–Trinajstić information content (AvgIpc) is 2.72. The lowest BCUT2D eigenvalue weighted by Gasteiger charge is -2.19. The Labute approximate surface area is 105 Å². The van der Waals surface area contributed by atoms with Crippen LogP contribution in [0, 0.1) is 5.92 Å². The summed E-state index contributed by atoms with van der Waals surface area (Å²) < 4.78 is 2.34. The van der Waals surface area contributed by atoms with Gasteiger partial charge in [0.15, 0.2) is 0 Å². The molecule has 0 spiro atoms. The number of aryl methyl sites for hydroxylation is 1. The van der Waals surface area contributed by atoms with Crippen molar-refractivity contribution < 1.29 is 0 Å². The van der Waals surface area contributed by atoms with Crippen LogP contribution in [0.25, 0.3) is 0 Å². The van der Waals surface area contributed by atoms with E-state index in [2.05, 4.69) is 35.6 Å². The molecule has 3 nitrogen and oxygen atoms in total. The molecule has 17 heavy (non-hydrogen) atoms. The Morgan fingerprint density at radius 3 is 2.82 bits per heavy atom. The summed E-state index contributed by atoms with van der Waals surface area (Å²) >= 11 is 0. The Hall–Kier alpha value is -0.830. The number of fused-ring (bicyclic) bond motifs is 1. The Balaban J connectivity index is 1.85. The quantitative estimate of drug-likeness (QED) is 0.849. The summed E-state index contributed by atoms with van der Waals surface area (Å²) in [7, 11) is 0. The molecule has 1 atom stereocenters. The predicted octanol–water partition coefficient (Wildman–Crippen LogP) is 2.40. The SMILES string of the molecule is CC(C)C(C)NCCn1cnc2c1CCCC2. The molecule has 0 bridgehead atoms. The van der Waals surface area contributed by atoms with Gasteiger partial charge in [-0.2, -0.15) is 0 Å². The van der Waals surface area contributed by atoms with Crippen molar-refractivity contribution in [1.82, 2.24) is 14.9 Å².